The summed E-state index contributed by atoms with van der Waals surface area (Å²) in [5, 5.41) is 0.749. The highest BCUT2D eigenvalue weighted by Crippen LogP contribution is 1.98. The van der Waals surface area contributed by atoms with E-state index in [1.807, 2.05) is 0 Å². The number of benzene rings is 1. The van der Waals surface area contributed by atoms with Gasteiger partial charge in [0.15, 0.2) is 8.46 Å². The Morgan fingerprint density at radius 3 is 2.30 bits per heavy atom. The molecule has 0 aliphatic carbocycles. The van der Waals surface area contributed by atoms with Gasteiger partial charge in [0.05, 0.1) is 0 Å². The summed E-state index contributed by atoms with van der Waals surface area (Å²) in [6.45, 7) is 0. The molecule has 0 saturated carbocycles. The molecule has 10 heavy (non-hydrogen) atoms. The highest BCUT2D eigenvalue weighted by atomic mass is 31.1. The SMILES string of the molecule is C#Cc1ccc(P=O)cc1. The molecule has 0 radical (unpaired) electrons. The van der Waals surface area contributed by atoms with Crippen molar-refractivity contribution in [3.05, 3.63) is 29.8 Å². The summed E-state index contributed by atoms with van der Waals surface area (Å²) in [5.74, 6) is 2.47. The third-order valence-corrected chi connectivity index (χ3v) is 1.65. The Hall–Kier alpha value is -1.12. The molecule has 1 aromatic carbocycles. The first-order chi connectivity index (χ1) is 4.86. The van der Waals surface area contributed by atoms with Crippen LogP contribution in [-0.4, -0.2) is 0 Å². The minimum absolute atomic E-state index is 0.0393. The molecular formula is C8H5OP. The Bertz CT molecular complexity index is 268. The van der Waals surface area contributed by atoms with Gasteiger partial charge in [-0.2, -0.15) is 0 Å². The van der Waals surface area contributed by atoms with Gasteiger partial charge in [-0.05, 0) is 24.3 Å². The van der Waals surface area contributed by atoms with E-state index in [1.165, 1.54) is 0 Å². The van der Waals surface area contributed by atoms with Gasteiger partial charge in [0.1, 0.15) is 0 Å². The first kappa shape index (κ1) is 6.99. The predicted octanol–water partition coefficient (Wildman–Crippen LogP) is 1.58. The molecule has 0 aliphatic rings. The van der Waals surface area contributed by atoms with Crippen LogP contribution in [0, 0.1) is 12.3 Å². The van der Waals surface area contributed by atoms with Gasteiger partial charge < -0.3 is 0 Å². The second kappa shape index (κ2) is 3.15. The Morgan fingerprint density at radius 2 is 1.90 bits per heavy atom. The minimum atomic E-state index is 0.0393. The van der Waals surface area contributed by atoms with Crippen LogP contribution in [0.1, 0.15) is 5.56 Å². The second-order valence-electron chi connectivity index (χ2n) is 1.78. The maximum absolute atomic E-state index is 10.3. The van der Waals surface area contributed by atoms with E-state index in [4.69, 9.17) is 6.42 Å². The number of hydrogen-bond acceptors (Lipinski definition) is 1. The van der Waals surface area contributed by atoms with E-state index in [0.29, 0.717) is 0 Å². The predicted molar refractivity (Wildman–Crippen MR) is 41.6 cm³/mol. The van der Waals surface area contributed by atoms with Crippen LogP contribution in [0.15, 0.2) is 24.3 Å². The van der Waals surface area contributed by atoms with Crippen LogP contribution in [0.4, 0.5) is 0 Å². The lowest BCUT2D eigenvalue weighted by atomic mass is 10.2. The fraction of sp³-hybridized carbons (Fsp3) is 0. The summed E-state index contributed by atoms with van der Waals surface area (Å²) in [5.41, 5.74) is 0.812. The van der Waals surface area contributed by atoms with Crippen LogP contribution in [0.2, 0.25) is 0 Å². The van der Waals surface area contributed by atoms with Crippen LogP contribution in [-0.2, 0) is 4.57 Å². The molecule has 1 nitrogen and oxygen atoms in total. The molecule has 0 amide bonds. The van der Waals surface area contributed by atoms with Gasteiger partial charge >= 0.3 is 0 Å². The lowest BCUT2D eigenvalue weighted by Crippen LogP contribution is -1.88. The summed E-state index contributed by atoms with van der Waals surface area (Å²) >= 11 is 0. The lowest BCUT2D eigenvalue weighted by Gasteiger charge is -1.88. The average molecular weight is 148 g/mol. The van der Waals surface area contributed by atoms with E-state index >= 15 is 0 Å². The third-order valence-electron chi connectivity index (χ3n) is 1.14. The first-order valence-electron chi connectivity index (χ1n) is 2.77. The summed E-state index contributed by atoms with van der Waals surface area (Å²) in [6.07, 6.45) is 5.11. The van der Waals surface area contributed by atoms with Crippen molar-refractivity contribution in [3.8, 4) is 12.3 Å². The van der Waals surface area contributed by atoms with Crippen molar-refractivity contribution in [1.29, 1.82) is 0 Å². The van der Waals surface area contributed by atoms with E-state index in [-0.39, 0.29) is 8.46 Å². The highest BCUT2D eigenvalue weighted by molar-refractivity contribution is 7.34. The Kier molecular flexibility index (Phi) is 2.20. The third kappa shape index (κ3) is 1.43. The van der Waals surface area contributed by atoms with Crippen molar-refractivity contribution >= 4 is 13.8 Å². The Balaban J connectivity index is 3.04. The molecule has 2 heteroatoms. The van der Waals surface area contributed by atoms with Gasteiger partial charge in [-0.1, -0.05) is 5.92 Å². The van der Waals surface area contributed by atoms with Crippen molar-refractivity contribution in [3.63, 3.8) is 0 Å². The zero-order chi connectivity index (χ0) is 7.40. The van der Waals surface area contributed by atoms with Gasteiger partial charge in [0.25, 0.3) is 0 Å². The summed E-state index contributed by atoms with van der Waals surface area (Å²) in [7, 11) is 0.0393. The van der Waals surface area contributed by atoms with Crippen LogP contribution in [0.25, 0.3) is 0 Å². The van der Waals surface area contributed by atoms with Crippen LogP contribution < -0.4 is 5.30 Å². The molecular weight excluding hydrogens is 143 g/mol. The monoisotopic (exact) mass is 148 g/mol. The van der Waals surface area contributed by atoms with Crippen molar-refractivity contribution < 1.29 is 4.57 Å². The van der Waals surface area contributed by atoms with Crippen LogP contribution in [0.5, 0.6) is 0 Å². The highest BCUT2D eigenvalue weighted by Gasteiger charge is 1.88. The zero-order valence-corrected chi connectivity index (χ0v) is 6.14. The van der Waals surface area contributed by atoms with Crippen molar-refractivity contribution in [2.75, 3.05) is 0 Å². The molecule has 0 heterocycles. The molecule has 1 rings (SSSR count). The van der Waals surface area contributed by atoms with E-state index in [1.54, 1.807) is 24.3 Å². The van der Waals surface area contributed by atoms with Gasteiger partial charge in [0.2, 0.25) is 0 Å². The van der Waals surface area contributed by atoms with E-state index in [2.05, 4.69) is 5.92 Å². The van der Waals surface area contributed by atoms with Crippen LogP contribution >= 0.6 is 8.46 Å². The fourth-order valence-electron chi connectivity index (χ4n) is 0.619. The average Bonchev–Trinajstić information content (AvgIpc) is 2.05. The maximum atomic E-state index is 10.3. The molecule has 1 aromatic rings. The molecule has 0 aliphatic heterocycles. The lowest BCUT2D eigenvalue weighted by molar-refractivity contribution is 0.603. The van der Waals surface area contributed by atoms with Crippen molar-refractivity contribution in [1.82, 2.24) is 0 Å². The molecule has 0 saturated heterocycles. The molecule has 0 unspecified atom stereocenters. The van der Waals surface area contributed by atoms with Gasteiger partial charge in [-0.15, -0.1) is 6.42 Å². The second-order valence-corrected chi connectivity index (χ2v) is 2.48. The van der Waals surface area contributed by atoms with E-state index < -0.39 is 0 Å². The zero-order valence-electron chi connectivity index (χ0n) is 5.24. The number of hydrogen-bond donors (Lipinski definition) is 0. The van der Waals surface area contributed by atoms with Gasteiger partial charge in [-0.3, -0.25) is 4.57 Å². The van der Waals surface area contributed by atoms with Gasteiger partial charge in [-0.25, -0.2) is 0 Å². The minimum Gasteiger partial charge on any atom is -0.269 e. The van der Waals surface area contributed by atoms with Crippen molar-refractivity contribution in [2.45, 2.75) is 0 Å². The Labute approximate surface area is 61.3 Å². The van der Waals surface area contributed by atoms with E-state index in [9.17, 15) is 4.57 Å². The summed E-state index contributed by atoms with van der Waals surface area (Å²) in [4.78, 5) is 0. The molecule has 0 atom stereocenters. The Morgan fingerprint density at radius 1 is 1.30 bits per heavy atom. The molecule has 0 N–H and O–H groups in total. The molecule has 0 aromatic heterocycles. The van der Waals surface area contributed by atoms with E-state index in [0.717, 1.165) is 10.9 Å². The normalized spacial score (nSPS) is 9.10. The topological polar surface area (TPSA) is 17.1 Å². The number of terminal acetylenes is 1. The fourth-order valence-corrected chi connectivity index (χ4v) is 0.889. The van der Waals surface area contributed by atoms with Crippen molar-refractivity contribution in [2.24, 2.45) is 0 Å². The first-order valence-corrected chi connectivity index (χ1v) is 3.58. The molecule has 0 fully saturated rings. The number of rotatable bonds is 1. The smallest absolute Gasteiger partial charge is 0.192 e. The maximum Gasteiger partial charge on any atom is 0.192 e. The summed E-state index contributed by atoms with van der Waals surface area (Å²) in [6, 6.07) is 7.01. The van der Waals surface area contributed by atoms with Gasteiger partial charge in [0, 0.05) is 10.9 Å². The quantitative estimate of drug-likeness (QED) is 0.436. The largest absolute Gasteiger partial charge is 0.269 e. The molecule has 48 valence electrons. The molecule has 0 spiro atoms. The molecule has 0 bridgehead atoms. The standard InChI is InChI=1S/C8H5OP/c1-2-7-3-5-8(10-9)6-4-7/h1,3-6H. The van der Waals surface area contributed by atoms with Crippen LogP contribution in [0.3, 0.4) is 0 Å². The summed E-state index contributed by atoms with van der Waals surface area (Å²) < 4.78 is 10.3.